The number of ether oxygens (including phenoxy) is 1. The molecule has 3 aromatic rings. The van der Waals surface area contributed by atoms with E-state index in [-0.39, 0.29) is 11.9 Å². The Morgan fingerprint density at radius 3 is 2.97 bits per heavy atom. The van der Waals surface area contributed by atoms with Gasteiger partial charge < -0.3 is 18.7 Å². The molecule has 1 N–H and O–H groups in total. The van der Waals surface area contributed by atoms with Gasteiger partial charge in [-0.1, -0.05) is 41.0 Å². The fourth-order valence-electron chi connectivity index (χ4n) is 3.89. The lowest BCUT2D eigenvalue weighted by molar-refractivity contribution is 0.197. The molecule has 0 aliphatic carbocycles. The van der Waals surface area contributed by atoms with Crippen LogP contribution >= 0.6 is 0 Å². The summed E-state index contributed by atoms with van der Waals surface area (Å²) in [5.74, 6) is 2.32. The van der Waals surface area contributed by atoms with Gasteiger partial charge in [0.15, 0.2) is 5.82 Å². The highest BCUT2D eigenvalue weighted by Gasteiger charge is 2.25. The van der Waals surface area contributed by atoms with Crippen LogP contribution in [0.25, 0.3) is 6.08 Å². The van der Waals surface area contributed by atoms with Crippen molar-refractivity contribution in [3.05, 3.63) is 64.7 Å². The van der Waals surface area contributed by atoms with Crippen molar-refractivity contribution in [2.75, 3.05) is 25.0 Å². The lowest BCUT2D eigenvalue weighted by Crippen LogP contribution is -2.42. The Kier molecular flexibility index (Phi) is 7.12. The molecule has 2 amide bonds. The number of aromatic nitrogens is 2. The molecule has 1 atom stereocenters. The highest BCUT2D eigenvalue weighted by molar-refractivity contribution is 5.89. The number of benzene rings is 1. The van der Waals surface area contributed by atoms with E-state index < -0.39 is 0 Å². The van der Waals surface area contributed by atoms with Crippen LogP contribution in [0, 0.1) is 19.8 Å². The number of nitrogens with zero attached hydrogens (tertiary/aromatic N) is 3. The van der Waals surface area contributed by atoms with E-state index in [2.05, 4.69) is 40.8 Å². The molecule has 8 nitrogen and oxygen atoms in total. The minimum atomic E-state index is -0.140. The molecule has 1 fully saturated rings. The molecule has 1 aliphatic heterocycles. The quantitative estimate of drug-likeness (QED) is 0.494. The van der Waals surface area contributed by atoms with Crippen LogP contribution in [0.15, 0.2) is 51.3 Å². The van der Waals surface area contributed by atoms with E-state index in [1.807, 2.05) is 30.9 Å². The number of aryl methyl sites for hydroxylation is 2. The second kappa shape index (κ2) is 10.4. The SMILES string of the molecule is Cc1onc(NC(=O)N2CC/C(=C\c3cccc(OCCCc4cnoc4)c3)C(C)C2)c1C. The van der Waals surface area contributed by atoms with Crippen LogP contribution in [0.5, 0.6) is 5.75 Å². The zero-order valence-electron chi connectivity index (χ0n) is 19.3. The topological polar surface area (TPSA) is 93.6 Å². The molecule has 2 aromatic heterocycles. The number of likely N-dealkylation sites (tertiary alicyclic amines) is 1. The Bertz CT molecular complexity index is 1100. The normalized spacial score (nSPS) is 17.4. The third-order valence-electron chi connectivity index (χ3n) is 6.04. The standard InChI is InChI=1S/C25H30N4O4/c1-17-15-29(25(30)27-24-18(2)19(3)33-28-24)10-9-22(17)12-20-6-4-8-23(13-20)31-11-5-7-21-14-26-32-16-21/h4,6,8,12-14,16-17H,5,7,9-11,15H2,1-3H3,(H,27,28,30)/b22-12+. The second-order valence-electron chi connectivity index (χ2n) is 8.52. The molecular weight excluding hydrogens is 420 g/mol. The average molecular weight is 451 g/mol. The lowest BCUT2D eigenvalue weighted by atomic mass is 9.91. The van der Waals surface area contributed by atoms with E-state index in [1.54, 1.807) is 12.5 Å². The molecule has 1 aromatic carbocycles. The fourth-order valence-corrected chi connectivity index (χ4v) is 3.89. The summed E-state index contributed by atoms with van der Waals surface area (Å²) in [6, 6.07) is 7.99. The first-order chi connectivity index (χ1) is 16.0. The summed E-state index contributed by atoms with van der Waals surface area (Å²) < 4.78 is 15.9. The van der Waals surface area contributed by atoms with Crippen LogP contribution in [0.1, 0.15) is 42.2 Å². The van der Waals surface area contributed by atoms with Crippen molar-refractivity contribution < 1.29 is 18.6 Å². The smallest absolute Gasteiger partial charge is 0.323 e. The predicted molar refractivity (Wildman–Crippen MR) is 125 cm³/mol. The molecule has 1 unspecified atom stereocenters. The molecule has 33 heavy (non-hydrogen) atoms. The van der Waals surface area contributed by atoms with Gasteiger partial charge in [-0.2, -0.15) is 0 Å². The maximum atomic E-state index is 12.7. The fraction of sp³-hybridized carbons (Fsp3) is 0.400. The number of amides is 2. The van der Waals surface area contributed by atoms with Crippen LogP contribution in [0.3, 0.4) is 0 Å². The number of carbonyl (C=O) groups is 1. The number of carbonyl (C=O) groups excluding carboxylic acids is 1. The Balaban J connectivity index is 1.30. The minimum absolute atomic E-state index is 0.140. The maximum Gasteiger partial charge on any atom is 0.323 e. The number of hydrogen-bond donors (Lipinski definition) is 1. The molecule has 0 radical (unpaired) electrons. The summed E-state index contributed by atoms with van der Waals surface area (Å²) in [7, 11) is 0. The van der Waals surface area contributed by atoms with Gasteiger partial charge in [-0.3, -0.25) is 5.32 Å². The third kappa shape index (κ3) is 5.83. The molecule has 4 rings (SSSR count). The molecule has 0 saturated carbocycles. The van der Waals surface area contributed by atoms with Gasteiger partial charge in [0.1, 0.15) is 17.8 Å². The third-order valence-corrected chi connectivity index (χ3v) is 6.04. The Morgan fingerprint density at radius 2 is 2.24 bits per heavy atom. The van der Waals surface area contributed by atoms with Gasteiger partial charge in [0, 0.05) is 24.2 Å². The molecule has 0 spiro atoms. The van der Waals surface area contributed by atoms with Crippen LogP contribution < -0.4 is 10.1 Å². The van der Waals surface area contributed by atoms with Crippen molar-refractivity contribution in [1.82, 2.24) is 15.2 Å². The summed E-state index contributed by atoms with van der Waals surface area (Å²) in [5, 5.41) is 10.5. The summed E-state index contributed by atoms with van der Waals surface area (Å²) in [6.45, 7) is 7.83. The first-order valence-electron chi connectivity index (χ1n) is 11.3. The maximum absolute atomic E-state index is 12.7. The Labute approximate surface area is 193 Å². The van der Waals surface area contributed by atoms with E-state index in [1.165, 1.54) is 5.57 Å². The van der Waals surface area contributed by atoms with Gasteiger partial charge >= 0.3 is 6.03 Å². The van der Waals surface area contributed by atoms with Crippen molar-refractivity contribution in [1.29, 1.82) is 0 Å². The van der Waals surface area contributed by atoms with Crippen molar-refractivity contribution >= 4 is 17.9 Å². The molecule has 1 saturated heterocycles. The van der Waals surface area contributed by atoms with Gasteiger partial charge in [0.05, 0.1) is 12.8 Å². The minimum Gasteiger partial charge on any atom is -0.494 e. The summed E-state index contributed by atoms with van der Waals surface area (Å²) >= 11 is 0. The number of anilines is 1. The van der Waals surface area contributed by atoms with Crippen LogP contribution in [-0.2, 0) is 6.42 Å². The van der Waals surface area contributed by atoms with Crippen LogP contribution in [-0.4, -0.2) is 40.9 Å². The number of urea groups is 1. The molecule has 8 heteroatoms. The van der Waals surface area contributed by atoms with Crippen molar-refractivity contribution in [2.24, 2.45) is 5.92 Å². The van der Waals surface area contributed by atoms with Gasteiger partial charge in [-0.05, 0) is 56.7 Å². The van der Waals surface area contributed by atoms with Crippen LogP contribution in [0.4, 0.5) is 10.6 Å². The van der Waals surface area contributed by atoms with E-state index >= 15 is 0 Å². The molecule has 1 aliphatic rings. The monoisotopic (exact) mass is 450 g/mol. The van der Waals surface area contributed by atoms with Crippen molar-refractivity contribution in [3.63, 3.8) is 0 Å². The van der Waals surface area contributed by atoms with Gasteiger partial charge in [0.2, 0.25) is 0 Å². The van der Waals surface area contributed by atoms with Crippen molar-refractivity contribution in [2.45, 2.75) is 40.0 Å². The van der Waals surface area contributed by atoms with E-state index in [0.717, 1.165) is 41.7 Å². The Hall–Kier alpha value is -3.55. The first kappa shape index (κ1) is 22.6. The summed E-state index contributed by atoms with van der Waals surface area (Å²) in [4.78, 5) is 14.5. The van der Waals surface area contributed by atoms with Crippen LogP contribution in [0.2, 0.25) is 0 Å². The van der Waals surface area contributed by atoms with Gasteiger partial charge in [-0.25, -0.2) is 4.79 Å². The summed E-state index contributed by atoms with van der Waals surface area (Å²) in [5.41, 5.74) is 4.38. The number of nitrogens with one attached hydrogen (secondary N) is 1. The lowest BCUT2D eigenvalue weighted by Gasteiger charge is -2.33. The largest absolute Gasteiger partial charge is 0.494 e. The second-order valence-corrected chi connectivity index (χ2v) is 8.52. The van der Waals surface area contributed by atoms with E-state index in [9.17, 15) is 4.79 Å². The Morgan fingerprint density at radius 1 is 1.36 bits per heavy atom. The van der Waals surface area contributed by atoms with Crippen molar-refractivity contribution in [3.8, 4) is 5.75 Å². The number of hydrogen-bond acceptors (Lipinski definition) is 6. The van der Waals surface area contributed by atoms with E-state index in [0.29, 0.717) is 31.3 Å². The average Bonchev–Trinajstić information content (AvgIpc) is 3.44. The zero-order chi connectivity index (χ0) is 23.2. The molecule has 3 heterocycles. The van der Waals surface area contributed by atoms with E-state index in [4.69, 9.17) is 13.8 Å². The zero-order valence-corrected chi connectivity index (χ0v) is 19.3. The number of piperidine rings is 1. The predicted octanol–water partition coefficient (Wildman–Crippen LogP) is 5.25. The number of rotatable bonds is 7. The molecule has 0 bridgehead atoms. The van der Waals surface area contributed by atoms with Gasteiger partial charge in [-0.15, -0.1) is 0 Å². The molecule has 174 valence electrons. The highest BCUT2D eigenvalue weighted by atomic mass is 16.5. The summed E-state index contributed by atoms with van der Waals surface area (Å²) in [6.07, 6.45) is 8.22. The molecular formula is C25H30N4O4. The first-order valence-corrected chi connectivity index (χ1v) is 11.3. The highest BCUT2D eigenvalue weighted by Crippen LogP contribution is 2.27. The van der Waals surface area contributed by atoms with Gasteiger partial charge in [0.25, 0.3) is 0 Å².